The van der Waals surface area contributed by atoms with Crippen molar-refractivity contribution in [2.45, 2.75) is 45.6 Å². The molecule has 1 N–H and O–H groups in total. The fourth-order valence-electron chi connectivity index (χ4n) is 2.66. The van der Waals surface area contributed by atoms with E-state index in [9.17, 15) is 9.59 Å². The maximum absolute atomic E-state index is 11.8. The minimum absolute atomic E-state index is 0.196. The van der Waals surface area contributed by atoms with Crippen LogP contribution in [0.4, 0.5) is 0 Å². The third-order valence-corrected chi connectivity index (χ3v) is 3.95. The third kappa shape index (κ3) is 5.06. The number of esters is 1. The van der Waals surface area contributed by atoms with Gasteiger partial charge in [-0.25, -0.2) is 4.79 Å². The molecular weight excluding hydrogens is 282 g/mol. The molecular formula is C17H23NO4. The number of hydrogen-bond donors (Lipinski definition) is 1. The molecule has 2 atom stereocenters. The number of carbonyl (C=O) groups is 2. The van der Waals surface area contributed by atoms with E-state index in [-0.39, 0.29) is 18.6 Å². The van der Waals surface area contributed by atoms with Gasteiger partial charge < -0.3 is 14.5 Å². The van der Waals surface area contributed by atoms with Gasteiger partial charge in [0.2, 0.25) is 0 Å². The minimum Gasteiger partial charge on any atom is -0.462 e. The first kappa shape index (κ1) is 16.3. The molecule has 1 heterocycles. The monoisotopic (exact) mass is 305 g/mol. The molecule has 0 radical (unpaired) electrons. The van der Waals surface area contributed by atoms with E-state index in [4.69, 9.17) is 9.15 Å². The van der Waals surface area contributed by atoms with E-state index in [2.05, 4.69) is 12.2 Å². The highest BCUT2D eigenvalue weighted by Crippen LogP contribution is 2.23. The summed E-state index contributed by atoms with van der Waals surface area (Å²) in [5.41, 5.74) is 0. The molecule has 0 aliphatic heterocycles. The van der Waals surface area contributed by atoms with Gasteiger partial charge in [-0.2, -0.15) is 0 Å². The fraction of sp³-hybridized carbons (Fsp3) is 0.529. The minimum atomic E-state index is -0.555. The fourth-order valence-corrected chi connectivity index (χ4v) is 2.66. The van der Waals surface area contributed by atoms with Gasteiger partial charge in [0.1, 0.15) is 11.5 Å². The maximum Gasteiger partial charge on any atom is 0.331 e. The Labute approximate surface area is 130 Å². The highest BCUT2D eigenvalue weighted by atomic mass is 16.5. The Kier molecular flexibility index (Phi) is 5.81. The van der Waals surface area contributed by atoms with E-state index in [0.29, 0.717) is 11.7 Å². The molecule has 120 valence electrons. The lowest BCUT2D eigenvalue weighted by molar-refractivity contribution is -0.144. The van der Waals surface area contributed by atoms with Crippen molar-refractivity contribution in [1.29, 1.82) is 0 Å². The second-order valence-electron chi connectivity index (χ2n) is 5.83. The normalized spacial score (nSPS) is 21.7. The summed E-state index contributed by atoms with van der Waals surface area (Å²) in [5.74, 6) is 1.04. The Bertz CT molecular complexity index is 547. The number of amides is 1. The Morgan fingerprint density at radius 1 is 1.36 bits per heavy atom. The largest absolute Gasteiger partial charge is 0.462 e. The van der Waals surface area contributed by atoms with Crippen LogP contribution in [0.3, 0.4) is 0 Å². The van der Waals surface area contributed by atoms with Crippen LogP contribution in [0.5, 0.6) is 0 Å². The maximum atomic E-state index is 11.8. The van der Waals surface area contributed by atoms with Crippen LogP contribution in [0, 0.1) is 12.8 Å². The molecule has 1 aromatic rings. The van der Waals surface area contributed by atoms with Gasteiger partial charge in [-0.1, -0.05) is 19.8 Å². The molecule has 0 saturated heterocycles. The second kappa shape index (κ2) is 7.82. The zero-order valence-electron chi connectivity index (χ0n) is 13.1. The van der Waals surface area contributed by atoms with E-state index in [1.165, 1.54) is 18.6 Å². The molecule has 0 aromatic carbocycles. The van der Waals surface area contributed by atoms with Crippen molar-refractivity contribution < 1.29 is 18.7 Å². The van der Waals surface area contributed by atoms with Crippen molar-refractivity contribution >= 4 is 18.0 Å². The smallest absolute Gasteiger partial charge is 0.331 e. The van der Waals surface area contributed by atoms with Gasteiger partial charge in [0, 0.05) is 12.1 Å². The van der Waals surface area contributed by atoms with Crippen LogP contribution >= 0.6 is 0 Å². The average molecular weight is 305 g/mol. The van der Waals surface area contributed by atoms with Crippen LogP contribution in [0.1, 0.15) is 44.1 Å². The summed E-state index contributed by atoms with van der Waals surface area (Å²) in [6, 6.07) is 3.77. The lowest BCUT2D eigenvalue weighted by atomic mass is 9.86. The summed E-state index contributed by atoms with van der Waals surface area (Å²) in [6.07, 6.45) is 7.28. The van der Waals surface area contributed by atoms with Crippen molar-refractivity contribution in [1.82, 2.24) is 5.32 Å². The number of furan rings is 1. The van der Waals surface area contributed by atoms with Crippen molar-refractivity contribution in [3.05, 3.63) is 29.7 Å². The lowest BCUT2D eigenvalue weighted by Gasteiger charge is -2.29. The van der Waals surface area contributed by atoms with Crippen LogP contribution in [0.2, 0.25) is 0 Å². The van der Waals surface area contributed by atoms with Gasteiger partial charge >= 0.3 is 5.97 Å². The SMILES string of the molecule is Cc1ccc(/C=C/C(=O)OCC(=O)NC2CCCCC2C)o1. The summed E-state index contributed by atoms with van der Waals surface area (Å²) in [5, 5.41) is 2.94. The van der Waals surface area contributed by atoms with Gasteiger partial charge in [0.25, 0.3) is 5.91 Å². The summed E-state index contributed by atoms with van der Waals surface area (Å²) in [4.78, 5) is 23.4. The molecule has 0 bridgehead atoms. The van der Waals surface area contributed by atoms with E-state index >= 15 is 0 Å². The molecule has 1 amide bonds. The van der Waals surface area contributed by atoms with Gasteiger partial charge in [0.15, 0.2) is 6.61 Å². The van der Waals surface area contributed by atoms with Gasteiger partial charge in [-0.15, -0.1) is 0 Å². The van der Waals surface area contributed by atoms with Crippen LogP contribution < -0.4 is 5.32 Å². The molecule has 1 aromatic heterocycles. The standard InChI is InChI=1S/C17H23NO4/c1-12-5-3-4-6-15(12)18-16(19)11-21-17(20)10-9-14-8-7-13(2)22-14/h7-10,12,15H,3-6,11H2,1-2H3,(H,18,19)/b10-9+. The van der Waals surface area contributed by atoms with Crippen LogP contribution in [0.25, 0.3) is 6.08 Å². The molecule has 0 spiro atoms. The Morgan fingerprint density at radius 3 is 2.82 bits per heavy atom. The molecule has 2 unspecified atom stereocenters. The van der Waals surface area contributed by atoms with Crippen molar-refractivity contribution in [3.63, 3.8) is 0 Å². The number of aryl methyl sites for hydroxylation is 1. The van der Waals surface area contributed by atoms with Crippen molar-refractivity contribution in [2.24, 2.45) is 5.92 Å². The van der Waals surface area contributed by atoms with E-state index in [1.807, 2.05) is 13.0 Å². The number of rotatable bonds is 5. The Hall–Kier alpha value is -2.04. The van der Waals surface area contributed by atoms with Crippen LogP contribution in [-0.2, 0) is 14.3 Å². The molecule has 2 rings (SSSR count). The van der Waals surface area contributed by atoms with Gasteiger partial charge in [-0.05, 0) is 43.9 Å². The van der Waals surface area contributed by atoms with E-state index in [1.54, 1.807) is 6.07 Å². The van der Waals surface area contributed by atoms with Crippen LogP contribution in [-0.4, -0.2) is 24.5 Å². The topological polar surface area (TPSA) is 68.5 Å². The van der Waals surface area contributed by atoms with Gasteiger partial charge in [-0.3, -0.25) is 4.79 Å². The molecule has 5 heteroatoms. The van der Waals surface area contributed by atoms with E-state index < -0.39 is 5.97 Å². The number of ether oxygens (including phenoxy) is 1. The first-order valence-electron chi connectivity index (χ1n) is 7.75. The first-order chi connectivity index (χ1) is 10.5. The van der Waals surface area contributed by atoms with Crippen molar-refractivity contribution in [2.75, 3.05) is 6.61 Å². The summed E-state index contributed by atoms with van der Waals surface area (Å²) in [6.45, 7) is 3.72. The highest BCUT2D eigenvalue weighted by Gasteiger charge is 2.22. The molecule has 1 aliphatic carbocycles. The summed E-state index contributed by atoms with van der Waals surface area (Å²) in [7, 11) is 0. The molecule has 1 fully saturated rings. The van der Waals surface area contributed by atoms with Gasteiger partial charge in [0.05, 0.1) is 0 Å². The quantitative estimate of drug-likeness (QED) is 0.671. The number of carbonyl (C=O) groups excluding carboxylic acids is 2. The highest BCUT2D eigenvalue weighted by molar-refractivity contribution is 5.89. The zero-order valence-corrected chi connectivity index (χ0v) is 13.1. The lowest BCUT2D eigenvalue weighted by Crippen LogP contribution is -2.42. The summed E-state index contributed by atoms with van der Waals surface area (Å²) < 4.78 is 10.2. The van der Waals surface area contributed by atoms with Crippen LogP contribution in [0.15, 0.2) is 22.6 Å². The van der Waals surface area contributed by atoms with Crippen molar-refractivity contribution in [3.8, 4) is 0 Å². The average Bonchev–Trinajstić information content (AvgIpc) is 2.91. The molecule has 1 aliphatic rings. The number of hydrogen-bond acceptors (Lipinski definition) is 4. The number of nitrogens with one attached hydrogen (secondary N) is 1. The Morgan fingerprint density at radius 2 is 2.14 bits per heavy atom. The predicted octanol–water partition coefficient (Wildman–Crippen LogP) is 2.84. The first-order valence-corrected chi connectivity index (χ1v) is 7.75. The van der Waals surface area contributed by atoms with E-state index in [0.717, 1.165) is 25.0 Å². The molecule has 1 saturated carbocycles. The molecule has 22 heavy (non-hydrogen) atoms. The zero-order chi connectivity index (χ0) is 15.9. The predicted molar refractivity (Wildman–Crippen MR) is 83.0 cm³/mol. The Balaban J connectivity index is 1.71. The second-order valence-corrected chi connectivity index (χ2v) is 5.83. The summed E-state index contributed by atoms with van der Waals surface area (Å²) >= 11 is 0. The third-order valence-electron chi connectivity index (χ3n) is 3.95. The molecule has 5 nitrogen and oxygen atoms in total.